The first kappa shape index (κ1) is 19.9. The van der Waals surface area contributed by atoms with Crippen molar-refractivity contribution in [1.29, 1.82) is 0 Å². The molecule has 1 aliphatic heterocycles. The Morgan fingerprint density at radius 1 is 1.03 bits per heavy atom. The fourth-order valence-electron chi connectivity index (χ4n) is 4.35. The monoisotopic (exact) mass is 408 g/mol. The molecule has 1 aliphatic carbocycles. The topological polar surface area (TPSA) is 84.9 Å². The second kappa shape index (κ2) is 8.57. The molecule has 7 nitrogen and oxygen atoms in total. The molecule has 1 N–H and O–H groups in total. The third-order valence-electron chi connectivity index (χ3n) is 5.77. The SMILES string of the molecule is COC(=O)[C@@H]1CCCN1C(=O)CNC(=O)OCC1c2ccccc2-c2ccccc21. The van der Waals surface area contributed by atoms with Crippen molar-refractivity contribution in [3.05, 3.63) is 59.7 Å². The molecule has 1 atom stereocenters. The molecule has 1 saturated heterocycles. The summed E-state index contributed by atoms with van der Waals surface area (Å²) in [5.74, 6) is -0.792. The summed E-state index contributed by atoms with van der Waals surface area (Å²) >= 11 is 0. The standard InChI is InChI=1S/C23H24N2O5/c1-29-22(27)20-11-6-12-25(20)21(26)13-24-23(28)30-14-19-17-9-4-2-7-15(17)16-8-3-5-10-18(16)19/h2-5,7-10,19-20H,6,11-14H2,1H3,(H,24,28)/t20-/m0/s1. The van der Waals surface area contributed by atoms with Gasteiger partial charge in [0.25, 0.3) is 0 Å². The molecule has 1 heterocycles. The lowest BCUT2D eigenvalue weighted by molar-refractivity contribution is -0.150. The van der Waals surface area contributed by atoms with Gasteiger partial charge in [0.15, 0.2) is 0 Å². The van der Waals surface area contributed by atoms with Gasteiger partial charge in [-0.2, -0.15) is 0 Å². The maximum absolute atomic E-state index is 12.4. The Balaban J connectivity index is 1.33. The summed E-state index contributed by atoms with van der Waals surface area (Å²) in [5.41, 5.74) is 4.56. The molecular weight excluding hydrogens is 384 g/mol. The predicted octanol–water partition coefficient (Wildman–Crippen LogP) is 2.69. The lowest BCUT2D eigenvalue weighted by Crippen LogP contribution is -2.46. The molecule has 2 amide bonds. The van der Waals surface area contributed by atoms with E-state index in [4.69, 9.17) is 9.47 Å². The smallest absolute Gasteiger partial charge is 0.407 e. The van der Waals surface area contributed by atoms with Crippen LogP contribution in [0.15, 0.2) is 48.5 Å². The summed E-state index contributed by atoms with van der Waals surface area (Å²) in [4.78, 5) is 37.9. The number of rotatable bonds is 5. The summed E-state index contributed by atoms with van der Waals surface area (Å²) in [7, 11) is 1.30. The number of hydrogen-bond acceptors (Lipinski definition) is 5. The lowest BCUT2D eigenvalue weighted by Gasteiger charge is -2.22. The number of nitrogens with one attached hydrogen (secondary N) is 1. The minimum absolute atomic E-state index is 0.0406. The summed E-state index contributed by atoms with van der Waals surface area (Å²) in [6, 6.07) is 15.6. The molecule has 2 aromatic rings. The van der Waals surface area contributed by atoms with Crippen molar-refractivity contribution in [2.24, 2.45) is 0 Å². The third kappa shape index (κ3) is 3.75. The minimum atomic E-state index is -0.654. The van der Waals surface area contributed by atoms with Crippen molar-refractivity contribution in [1.82, 2.24) is 10.2 Å². The number of likely N-dealkylation sites (tertiary alicyclic amines) is 1. The van der Waals surface area contributed by atoms with Gasteiger partial charge in [-0.05, 0) is 35.1 Å². The van der Waals surface area contributed by atoms with Gasteiger partial charge in [-0.25, -0.2) is 9.59 Å². The molecule has 4 rings (SSSR count). The van der Waals surface area contributed by atoms with Crippen LogP contribution < -0.4 is 5.32 Å². The van der Waals surface area contributed by atoms with E-state index >= 15 is 0 Å². The van der Waals surface area contributed by atoms with Crippen LogP contribution in [0.4, 0.5) is 4.79 Å². The van der Waals surface area contributed by atoms with E-state index in [1.807, 2.05) is 36.4 Å². The van der Waals surface area contributed by atoms with Crippen LogP contribution >= 0.6 is 0 Å². The van der Waals surface area contributed by atoms with Crippen LogP contribution in [0, 0.1) is 0 Å². The largest absolute Gasteiger partial charge is 0.467 e. The first-order valence-electron chi connectivity index (χ1n) is 10.1. The molecule has 2 aromatic carbocycles. The summed E-state index contributed by atoms with van der Waals surface area (Å²) < 4.78 is 10.2. The first-order valence-corrected chi connectivity index (χ1v) is 10.1. The van der Waals surface area contributed by atoms with Gasteiger partial charge >= 0.3 is 12.1 Å². The molecule has 0 aromatic heterocycles. The van der Waals surface area contributed by atoms with Gasteiger partial charge in [0, 0.05) is 12.5 Å². The molecule has 1 fully saturated rings. The molecule has 0 unspecified atom stereocenters. The van der Waals surface area contributed by atoms with Crippen LogP contribution in [0.5, 0.6) is 0 Å². The van der Waals surface area contributed by atoms with Crippen LogP contribution in [0.1, 0.15) is 29.9 Å². The Kier molecular flexibility index (Phi) is 5.70. The molecule has 0 bridgehead atoms. The molecule has 2 aliphatic rings. The van der Waals surface area contributed by atoms with Crippen LogP contribution in [0.25, 0.3) is 11.1 Å². The van der Waals surface area contributed by atoms with Crippen molar-refractivity contribution in [2.45, 2.75) is 24.8 Å². The fraction of sp³-hybridized carbons (Fsp3) is 0.348. The summed E-state index contributed by atoms with van der Waals surface area (Å²) in [5, 5.41) is 2.50. The zero-order valence-corrected chi connectivity index (χ0v) is 16.8. The van der Waals surface area contributed by atoms with Crippen LogP contribution in [-0.4, -0.2) is 55.7 Å². The second-order valence-corrected chi connectivity index (χ2v) is 7.45. The first-order chi connectivity index (χ1) is 14.6. The number of esters is 1. The van der Waals surface area contributed by atoms with Gasteiger partial charge in [0.2, 0.25) is 5.91 Å². The number of hydrogen-bond donors (Lipinski definition) is 1. The van der Waals surface area contributed by atoms with E-state index in [1.165, 1.54) is 12.0 Å². The van der Waals surface area contributed by atoms with Gasteiger partial charge in [-0.15, -0.1) is 0 Å². The summed E-state index contributed by atoms with van der Waals surface area (Å²) in [6.07, 6.45) is 0.652. The minimum Gasteiger partial charge on any atom is -0.467 e. The Hall–Kier alpha value is -3.35. The number of methoxy groups -OCH3 is 1. The van der Waals surface area contributed by atoms with Gasteiger partial charge in [0.1, 0.15) is 19.2 Å². The fourth-order valence-corrected chi connectivity index (χ4v) is 4.35. The Morgan fingerprint density at radius 2 is 1.67 bits per heavy atom. The zero-order chi connectivity index (χ0) is 21.1. The average molecular weight is 408 g/mol. The van der Waals surface area contributed by atoms with Crippen LogP contribution in [-0.2, 0) is 19.1 Å². The van der Waals surface area contributed by atoms with Crippen molar-refractivity contribution in [2.75, 3.05) is 26.8 Å². The number of ether oxygens (including phenoxy) is 2. The summed E-state index contributed by atoms with van der Waals surface area (Å²) in [6.45, 7) is 0.442. The van der Waals surface area contributed by atoms with E-state index in [-0.39, 0.29) is 25.0 Å². The normalized spacial score (nSPS) is 17.2. The number of fused-ring (bicyclic) bond motifs is 3. The van der Waals surface area contributed by atoms with E-state index in [0.717, 1.165) is 28.7 Å². The molecule has 0 radical (unpaired) electrons. The number of carbonyl (C=O) groups excluding carboxylic acids is 3. The molecular formula is C23H24N2O5. The highest BCUT2D eigenvalue weighted by Gasteiger charge is 2.35. The highest BCUT2D eigenvalue weighted by atomic mass is 16.5. The van der Waals surface area contributed by atoms with Crippen molar-refractivity contribution < 1.29 is 23.9 Å². The lowest BCUT2D eigenvalue weighted by atomic mass is 9.98. The van der Waals surface area contributed by atoms with Crippen LogP contribution in [0.2, 0.25) is 0 Å². The number of alkyl carbamates (subject to hydrolysis) is 1. The third-order valence-corrected chi connectivity index (χ3v) is 5.77. The van der Waals surface area contributed by atoms with E-state index in [9.17, 15) is 14.4 Å². The molecule has 156 valence electrons. The van der Waals surface area contributed by atoms with Gasteiger partial charge in [0.05, 0.1) is 7.11 Å². The van der Waals surface area contributed by atoms with Crippen molar-refractivity contribution in [3.8, 4) is 11.1 Å². The molecule has 0 saturated carbocycles. The maximum Gasteiger partial charge on any atom is 0.407 e. The Bertz CT molecular complexity index is 928. The van der Waals surface area contributed by atoms with E-state index < -0.39 is 18.1 Å². The van der Waals surface area contributed by atoms with Crippen molar-refractivity contribution in [3.63, 3.8) is 0 Å². The van der Waals surface area contributed by atoms with Crippen LogP contribution in [0.3, 0.4) is 0 Å². The predicted molar refractivity (Wildman–Crippen MR) is 110 cm³/mol. The number of benzene rings is 2. The Labute approximate surface area is 175 Å². The number of nitrogens with zero attached hydrogens (tertiary/aromatic N) is 1. The van der Waals surface area contributed by atoms with Gasteiger partial charge < -0.3 is 19.7 Å². The highest BCUT2D eigenvalue weighted by Crippen LogP contribution is 2.44. The second-order valence-electron chi connectivity index (χ2n) is 7.45. The highest BCUT2D eigenvalue weighted by molar-refractivity contribution is 5.88. The quantitative estimate of drug-likeness (QED) is 0.769. The Morgan fingerprint density at radius 3 is 2.30 bits per heavy atom. The van der Waals surface area contributed by atoms with Gasteiger partial charge in [-0.1, -0.05) is 48.5 Å². The zero-order valence-electron chi connectivity index (χ0n) is 16.8. The maximum atomic E-state index is 12.4. The van der Waals surface area contributed by atoms with Crippen molar-refractivity contribution >= 4 is 18.0 Å². The molecule has 7 heteroatoms. The number of amides is 2. The molecule has 0 spiro atoms. The average Bonchev–Trinajstić information content (AvgIpc) is 3.39. The molecule has 30 heavy (non-hydrogen) atoms. The van der Waals surface area contributed by atoms with Gasteiger partial charge in [-0.3, -0.25) is 4.79 Å². The van der Waals surface area contributed by atoms with E-state index in [2.05, 4.69) is 17.4 Å². The van der Waals surface area contributed by atoms with E-state index in [1.54, 1.807) is 0 Å². The van der Waals surface area contributed by atoms with E-state index in [0.29, 0.717) is 13.0 Å². The number of carbonyl (C=O) groups is 3.